The molecule has 0 bridgehead atoms. The van der Waals surface area contributed by atoms with Crippen molar-refractivity contribution in [3.63, 3.8) is 0 Å². The van der Waals surface area contributed by atoms with Crippen LogP contribution >= 0.6 is 0 Å². The Hall–Kier alpha value is -1.34. The zero-order valence-corrected chi connectivity index (χ0v) is 13.5. The standard InChI is InChI=1S/C18H24O6/c19-12-7-10-5-1-3-9-4-2-6-11(14(9)10)17(12)24-18-16(22)15(21)13(20)8-23-18/h7,9,13,15-16,18-22H,1-6,8H2/t9?,13-,15+,16-,18?/m1/s1. The Balaban J connectivity index is 1.68. The lowest BCUT2D eigenvalue weighted by Crippen LogP contribution is -2.54. The quantitative estimate of drug-likeness (QED) is 0.642. The first-order valence-electron chi connectivity index (χ1n) is 8.76. The molecular formula is C18H24O6. The van der Waals surface area contributed by atoms with Gasteiger partial charge in [0.25, 0.3) is 0 Å². The monoisotopic (exact) mass is 336 g/mol. The summed E-state index contributed by atoms with van der Waals surface area (Å²) in [5.74, 6) is 0.931. The summed E-state index contributed by atoms with van der Waals surface area (Å²) in [6.45, 7) is -0.118. The molecule has 5 atom stereocenters. The predicted octanol–water partition coefficient (Wildman–Crippen LogP) is 0.966. The minimum atomic E-state index is -1.37. The fourth-order valence-electron chi connectivity index (χ4n) is 4.37. The van der Waals surface area contributed by atoms with E-state index in [2.05, 4.69) is 0 Å². The maximum absolute atomic E-state index is 10.4. The van der Waals surface area contributed by atoms with Crippen LogP contribution in [0, 0.1) is 0 Å². The Morgan fingerprint density at radius 3 is 2.58 bits per heavy atom. The Morgan fingerprint density at radius 1 is 1.04 bits per heavy atom. The minimum absolute atomic E-state index is 0.0581. The normalized spacial score (nSPS) is 35.4. The van der Waals surface area contributed by atoms with Crippen molar-refractivity contribution in [2.75, 3.05) is 6.61 Å². The molecule has 0 amide bonds. The topological polar surface area (TPSA) is 99.4 Å². The molecule has 1 aromatic rings. The average Bonchev–Trinajstić information content (AvgIpc) is 2.58. The summed E-state index contributed by atoms with van der Waals surface area (Å²) in [5, 5.41) is 39.9. The second kappa shape index (κ2) is 6.19. The lowest BCUT2D eigenvalue weighted by Gasteiger charge is -2.37. The summed E-state index contributed by atoms with van der Waals surface area (Å²) < 4.78 is 11.1. The fourth-order valence-corrected chi connectivity index (χ4v) is 4.37. The first-order chi connectivity index (χ1) is 11.6. The van der Waals surface area contributed by atoms with Crippen LogP contribution in [0.4, 0.5) is 0 Å². The molecule has 1 aromatic carbocycles. The highest BCUT2D eigenvalue weighted by atomic mass is 16.7. The zero-order valence-electron chi connectivity index (χ0n) is 13.5. The molecule has 0 radical (unpaired) electrons. The average molecular weight is 336 g/mol. The molecule has 0 spiro atoms. The van der Waals surface area contributed by atoms with Crippen LogP contribution in [0.5, 0.6) is 11.5 Å². The van der Waals surface area contributed by atoms with Gasteiger partial charge >= 0.3 is 0 Å². The number of aryl methyl sites for hydroxylation is 1. The second-order valence-electron chi connectivity index (χ2n) is 7.13. The van der Waals surface area contributed by atoms with Gasteiger partial charge in [-0.3, -0.25) is 0 Å². The third kappa shape index (κ3) is 2.58. The lowest BCUT2D eigenvalue weighted by molar-refractivity contribution is -0.242. The van der Waals surface area contributed by atoms with E-state index in [-0.39, 0.29) is 12.4 Å². The molecule has 4 rings (SSSR count). The van der Waals surface area contributed by atoms with Crippen LogP contribution in [0.1, 0.15) is 48.3 Å². The van der Waals surface area contributed by atoms with Crippen molar-refractivity contribution in [2.45, 2.75) is 69.0 Å². The van der Waals surface area contributed by atoms with E-state index in [0.29, 0.717) is 11.7 Å². The van der Waals surface area contributed by atoms with E-state index in [9.17, 15) is 20.4 Å². The number of benzene rings is 1. The summed E-state index contributed by atoms with van der Waals surface area (Å²) in [7, 11) is 0. The molecule has 1 fully saturated rings. The van der Waals surface area contributed by atoms with Crippen LogP contribution in [0.3, 0.4) is 0 Å². The molecule has 3 aliphatic rings. The molecule has 24 heavy (non-hydrogen) atoms. The van der Waals surface area contributed by atoms with E-state index in [1.54, 1.807) is 6.07 Å². The van der Waals surface area contributed by atoms with Crippen molar-refractivity contribution in [3.05, 3.63) is 22.8 Å². The van der Waals surface area contributed by atoms with Gasteiger partial charge in [0, 0.05) is 5.56 Å². The molecule has 6 nitrogen and oxygen atoms in total. The van der Waals surface area contributed by atoms with Crippen molar-refractivity contribution in [1.29, 1.82) is 0 Å². The van der Waals surface area contributed by atoms with Crippen molar-refractivity contribution < 1.29 is 29.9 Å². The van der Waals surface area contributed by atoms with E-state index >= 15 is 0 Å². The van der Waals surface area contributed by atoms with E-state index in [4.69, 9.17) is 9.47 Å². The van der Waals surface area contributed by atoms with Gasteiger partial charge in [0.15, 0.2) is 11.5 Å². The van der Waals surface area contributed by atoms with E-state index in [0.717, 1.165) is 44.1 Å². The molecular weight excluding hydrogens is 312 g/mol. The largest absolute Gasteiger partial charge is 0.504 e. The molecule has 1 aliphatic heterocycles. The zero-order chi connectivity index (χ0) is 16.8. The Morgan fingerprint density at radius 2 is 1.79 bits per heavy atom. The van der Waals surface area contributed by atoms with Gasteiger partial charge in [-0.1, -0.05) is 0 Å². The molecule has 2 aliphatic carbocycles. The molecule has 1 heterocycles. The van der Waals surface area contributed by atoms with Gasteiger partial charge < -0.3 is 29.9 Å². The van der Waals surface area contributed by atoms with Gasteiger partial charge in [0.1, 0.15) is 18.3 Å². The maximum Gasteiger partial charge on any atom is 0.229 e. The van der Waals surface area contributed by atoms with E-state index in [1.165, 1.54) is 11.1 Å². The van der Waals surface area contributed by atoms with Crippen LogP contribution in [0.15, 0.2) is 6.07 Å². The molecule has 4 N–H and O–H groups in total. The fraction of sp³-hybridized carbons (Fsp3) is 0.667. The van der Waals surface area contributed by atoms with Gasteiger partial charge in [-0.05, 0) is 61.6 Å². The Labute approximate surface area is 140 Å². The summed E-state index contributed by atoms with van der Waals surface area (Å²) in [4.78, 5) is 0. The molecule has 0 saturated carbocycles. The number of rotatable bonds is 2. The van der Waals surface area contributed by atoms with E-state index in [1.807, 2.05) is 0 Å². The van der Waals surface area contributed by atoms with Gasteiger partial charge in [-0.15, -0.1) is 0 Å². The summed E-state index contributed by atoms with van der Waals surface area (Å²) in [6.07, 6.45) is 1.39. The number of aromatic hydroxyl groups is 1. The van der Waals surface area contributed by atoms with Crippen molar-refractivity contribution in [3.8, 4) is 11.5 Å². The van der Waals surface area contributed by atoms with Crippen LogP contribution in [0.25, 0.3) is 0 Å². The Bertz CT molecular complexity index is 628. The smallest absolute Gasteiger partial charge is 0.229 e. The molecule has 6 heteroatoms. The van der Waals surface area contributed by atoms with E-state index < -0.39 is 24.6 Å². The molecule has 2 unspecified atom stereocenters. The van der Waals surface area contributed by atoms with Crippen LogP contribution in [-0.4, -0.2) is 51.6 Å². The van der Waals surface area contributed by atoms with Gasteiger partial charge in [0.2, 0.25) is 6.29 Å². The minimum Gasteiger partial charge on any atom is -0.504 e. The van der Waals surface area contributed by atoms with Crippen LogP contribution in [-0.2, 0) is 17.6 Å². The molecule has 0 aromatic heterocycles. The second-order valence-corrected chi connectivity index (χ2v) is 7.13. The number of hydrogen-bond donors (Lipinski definition) is 4. The highest BCUT2D eigenvalue weighted by Gasteiger charge is 2.40. The Kier molecular flexibility index (Phi) is 4.16. The van der Waals surface area contributed by atoms with Crippen LogP contribution < -0.4 is 4.74 Å². The van der Waals surface area contributed by atoms with Gasteiger partial charge in [-0.25, -0.2) is 0 Å². The number of ether oxygens (including phenoxy) is 2. The number of phenols is 1. The highest BCUT2D eigenvalue weighted by molar-refractivity contribution is 5.56. The third-order valence-electron chi connectivity index (χ3n) is 5.56. The maximum atomic E-state index is 10.4. The van der Waals surface area contributed by atoms with Gasteiger partial charge in [0.05, 0.1) is 6.61 Å². The molecule has 1 saturated heterocycles. The number of aliphatic hydroxyl groups excluding tert-OH is 3. The summed E-state index contributed by atoms with van der Waals surface area (Å²) >= 11 is 0. The highest BCUT2D eigenvalue weighted by Crippen LogP contribution is 2.48. The van der Waals surface area contributed by atoms with Gasteiger partial charge in [-0.2, -0.15) is 0 Å². The molecule has 132 valence electrons. The summed E-state index contributed by atoms with van der Waals surface area (Å²) in [5.41, 5.74) is 3.51. The summed E-state index contributed by atoms with van der Waals surface area (Å²) in [6, 6.07) is 1.77. The number of aliphatic hydroxyl groups is 3. The van der Waals surface area contributed by atoms with Crippen LogP contribution in [0.2, 0.25) is 0 Å². The lowest BCUT2D eigenvalue weighted by atomic mass is 9.73. The van der Waals surface area contributed by atoms with Crippen molar-refractivity contribution >= 4 is 0 Å². The van der Waals surface area contributed by atoms with Crippen molar-refractivity contribution in [2.24, 2.45) is 0 Å². The number of phenolic OH excluding ortho intramolecular Hbond substituents is 1. The first-order valence-corrected chi connectivity index (χ1v) is 8.76. The van der Waals surface area contributed by atoms with Crippen molar-refractivity contribution in [1.82, 2.24) is 0 Å². The number of hydrogen-bond acceptors (Lipinski definition) is 6. The predicted molar refractivity (Wildman–Crippen MR) is 85.1 cm³/mol. The third-order valence-corrected chi connectivity index (χ3v) is 5.56. The SMILES string of the molecule is Oc1cc2c3c(c1OC1OC[C@@H](O)[C@H](O)[C@H]1O)CCCC3CCC2. The first kappa shape index (κ1) is 16.1.